The first kappa shape index (κ1) is 16.4. The number of hydrogen-bond donors (Lipinski definition) is 1. The fourth-order valence-electron chi connectivity index (χ4n) is 2.47. The molecule has 0 bridgehead atoms. The van der Waals surface area contributed by atoms with Crippen LogP contribution in [-0.4, -0.2) is 20.4 Å². The number of nitro benzene ring substituents is 1. The summed E-state index contributed by atoms with van der Waals surface area (Å²) in [5.74, 6) is -0.256. The second kappa shape index (κ2) is 7.39. The molecule has 1 N–H and O–H groups in total. The minimum absolute atomic E-state index is 0.0235. The molecule has 0 radical (unpaired) electrons. The predicted octanol–water partition coefficient (Wildman–Crippen LogP) is 2.64. The van der Waals surface area contributed by atoms with Crippen molar-refractivity contribution in [2.24, 2.45) is 0 Å². The van der Waals surface area contributed by atoms with Crippen LogP contribution in [0.5, 0.6) is 0 Å². The average molecular weight is 336 g/mol. The van der Waals surface area contributed by atoms with Crippen molar-refractivity contribution < 1.29 is 9.72 Å². The summed E-state index contributed by atoms with van der Waals surface area (Å²) in [6.07, 6.45) is 5.24. The van der Waals surface area contributed by atoms with E-state index in [2.05, 4.69) is 10.3 Å². The number of carbonyl (C=O) groups excluding carboxylic acids is 1. The molecule has 3 rings (SSSR count). The summed E-state index contributed by atoms with van der Waals surface area (Å²) in [4.78, 5) is 26.6. The standard InChI is InChI=1S/C18H16N4O3/c23-18(11-15-3-1-2-4-17(15)22(24)25)20-12-14-5-7-16(8-6-14)21-10-9-19-13-21/h1-10,13H,11-12H2,(H,20,23). The van der Waals surface area contributed by atoms with Gasteiger partial charge in [-0.05, 0) is 17.7 Å². The summed E-state index contributed by atoms with van der Waals surface area (Å²) in [7, 11) is 0. The van der Waals surface area contributed by atoms with Crippen molar-refractivity contribution in [1.82, 2.24) is 14.9 Å². The summed E-state index contributed by atoms with van der Waals surface area (Å²) in [6, 6.07) is 14.0. The second-order valence-electron chi connectivity index (χ2n) is 5.48. The molecular formula is C18H16N4O3. The lowest BCUT2D eigenvalue weighted by atomic mass is 10.1. The van der Waals surface area contributed by atoms with Gasteiger partial charge in [-0.2, -0.15) is 0 Å². The molecule has 7 nitrogen and oxygen atoms in total. The third-order valence-electron chi connectivity index (χ3n) is 3.77. The molecule has 1 heterocycles. The van der Waals surface area contributed by atoms with E-state index in [1.54, 1.807) is 30.7 Å². The highest BCUT2D eigenvalue weighted by molar-refractivity contribution is 5.79. The molecule has 1 amide bonds. The van der Waals surface area contributed by atoms with E-state index >= 15 is 0 Å². The third-order valence-corrected chi connectivity index (χ3v) is 3.77. The normalized spacial score (nSPS) is 10.4. The van der Waals surface area contributed by atoms with Gasteiger partial charge in [0.1, 0.15) is 0 Å². The third kappa shape index (κ3) is 4.08. The van der Waals surface area contributed by atoms with Gasteiger partial charge in [-0.3, -0.25) is 14.9 Å². The molecule has 3 aromatic rings. The van der Waals surface area contributed by atoms with E-state index in [0.717, 1.165) is 11.3 Å². The molecule has 0 aliphatic rings. The first-order valence-electron chi connectivity index (χ1n) is 7.70. The quantitative estimate of drug-likeness (QED) is 0.553. The lowest BCUT2D eigenvalue weighted by Gasteiger charge is -2.07. The van der Waals surface area contributed by atoms with Crippen LogP contribution in [0.15, 0.2) is 67.3 Å². The molecule has 126 valence electrons. The molecule has 0 spiro atoms. The Morgan fingerprint density at radius 1 is 1.16 bits per heavy atom. The van der Waals surface area contributed by atoms with Gasteiger partial charge in [-0.15, -0.1) is 0 Å². The smallest absolute Gasteiger partial charge is 0.273 e. The summed E-state index contributed by atoms with van der Waals surface area (Å²) in [6.45, 7) is 0.365. The van der Waals surface area contributed by atoms with E-state index in [0.29, 0.717) is 12.1 Å². The predicted molar refractivity (Wildman–Crippen MR) is 92.2 cm³/mol. The number of para-hydroxylation sites is 1. The average Bonchev–Trinajstić information content (AvgIpc) is 3.15. The lowest BCUT2D eigenvalue weighted by Crippen LogP contribution is -2.24. The van der Waals surface area contributed by atoms with Gasteiger partial charge in [0.2, 0.25) is 5.91 Å². The van der Waals surface area contributed by atoms with E-state index in [4.69, 9.17) is 0 Å². The molecule has 1 aromatic heterocycles. The molecule has 0 saturated carbocycles. The molecule has 0 unspecified atom stereocenters. The van der Waals surface area contributed by atoms with Crippen LogP contribution in [0.2, 0.25) is 0 Å². The fourth-order valence-corrected chi connectivity index (χ4v) is 2.47. The number of nitrogens with zero attached hydrogens (tertiary/aromatic N) is 3. The van der Waals surface area contributed by atoms with Gasteiger partial charge in [0.15, 0.2) is 0 Å². The number of aromatic nitrogens is 2. The maximum Gasteiger partial charge on any atom is 0.273 e. The summed E-state index contributed by atoms with van der Waals surface area (Å²) in [5, 5.41) is 13.8. The zero-order valence-electron chi connectivity index (χ0n) is 13.3. The van der Waals surface area contributed by atoms with Gasteiger partial charge in [-0.1, -0.05) is 30.3 Å². The highest BCUT2D eigenvalue weighted by Gasteiger charge is 2.15. The van der Waals surface area contributed by atoms with Crippen molar-refractivity contribution in [2.45, 2.75) is 13.0 Å². The summed E-state index contributed by atoms with van der Waals surface area (Å²) < 4.78 is 1.89. The van der Waals surface area contributed by atoms with E-state index < -0.39 is 4.92 Å². The maximum atomic E-state index is 12.1. The molecule has 2 aromatic carbocycles. The van der Waals surface area contributed by atoms with Crippen LogP contribution in [0, 0.1) is 10.1 Å². The number of nitrogens with one attached hydrogen (secondary N) is 1. The van der Waals surface area contributed by atoms with Crippen molar-refractivity contribution in [3.63, 3.8) is 0 Å². The van der Waals surface area contributed by atoms with Gasteiger partial charge in [0.05, 0.1) is 17.7 Å². The van der Waals surface area contributed by atoms with Crippen LogP contribution in [-0.2, 0) is 17.8 Å². The monoisotopic (exact) mass is 336 g/mol. The van der Waals surface area contributed by atoms with Gasteiger partial charge < -0.3 is 9.88 Å². The van der Waals surface area contributed by atoms with Gasteiger partial charge in [0, 0.05) is 36.3 Å². The zero-order valence-corrected chi connectivity index (χ0v) is 13.3. The van der Waals surface area contributed by atoms with Crippen molar-refractivity contribution >= 4 is 11.6 Å². The van der Waals surface area contributed by atoms with Crippen LogP contribution in [0.4, 0.5) is 5.69 Å². The van der Waals surface area contributed by atoms with E-state index in [1.807, 2.05) is 35.0 Å². The summed E-state index contributed by atoms with van der Waals surface area (Å²) >= 11 is 0. The van der Waals surface area contributed by atoms with Crippen molar-refractivity contribution in [3.8, 4) is 5.69 Å². The number of carbonyl (C=O) groups is 1. The Morgan fingerprint density at radius 2 is 1.92 bits per heavy atom. The Balaban J connectivity index is 1.58. The molecular weight excluding hydrogens is 320 g/mol. The topological polar surface area (TPSA) is 90.1 Å². The van der Waals surface area contributed by atoms with Crippen molar-refractivity contribution in [2.75, 3.05) is 0 Å². The molecule has 0 aliphatic carbocycles. The Morgan fingerprint density at radius 3 is 2.60 bits per heavy atom. The largest absolute Gasteiger partial charge is 0.352 e. The molecule has 0 saturated heterocycles. The molecule has 25 heavy (non-hydrogen) atoms. The number of benzene rings is 2. The van der Waals surface area contributed by atoms with E-state index in [-0.39, 0.29) is 18.0 Å². The first-order valence-corrected chi connectivity index (χ1v) is 7.70. The Bertz CT molecular complexity index is 874. The van der Waals surface area contributed by atoms with E-state index in [1.165, 1.54) is 6.07 Å². The minimum Gasteiger partial charge on any atom is -0.352 e. The van der Waals surface area contributed by atoms with Crippen LogP contribution < -0.4 is 5.32 Å². The maximum absolute atomic E-state index is 12.1. The molecule has 0 aliphatic heterocycles. The molecule has 7 heteroatoms. The fraction of sp³-hybridized carbons (Fsp3) is 0.111. The summed E-state index contributed by atoms with van der Waals surface area (Å²) in [5.41, 5.74) is 2.29. The Hall–Kier alpha value is -3.48. The van der Waals surface area contributed by atoms with Crippen LogP contribution in [0.3, 0.4) is 0 Å². The SMILES string of the molecule is O=C(Cc1ccccc1[N+](=O)[O-])NCc1ccc(-n2ccnc2)cc1. The van der Waals surface area contributed by atoms with Gasteiger partial charge >= 0.3 is 0 Å². The lowest BCUT2D eigenvalue weighted by molar-refractivity contribution is -0.385. The Labute approximate surface area is 144 Å². The Kier molecular flexibility index (Phi) is 4.84. The minimum atomic E-state index is -0.475. The first-order chi connectivity index (χ1) is 12.1. The van der Waals surface area contributed by atoms with Crippen LogP contribution in [0.1, 0.15) is 11.1 Å². The molecule has 0 atom stereocenters. The highest BCUT2D eigenvalue weighted by Crippen LogP contribution is 2.18. The van der Waals surface area contributed by atoms with Crippen molar-refractivity contribution in [3.05, 3.63) is 88.5 Å². The highest BCUT2D eigenvalue weighted by atomic mass is 16.6. The number of amides is 1. The van der Waals surface area contributed by atoms with E-state index in [9.17, 15) is 14.9 Å². The number of imidazole rings is 1. The van der Waals surface area contributed by atoms with Crippen LogP contribution in [0.25, 0.3) is 5.69 Å². The van der Waals surface area contributed by atoms with Crippen molar-refractivity contribution in [1.29, 1.82) is 0 Å². The number of hydrogen-bond acceptors (Lipinski definition) is 4. The zero-order chi connectivity index (χ0) is 17.6. The molecule has 0 fully saturated rings. The number of nitro groups is 1. The van der Waals surface area contributed by atoms with Gasteiger partial charge in [0.25, 0.3) is 5.69 Å². The van der Waals surface area contributed by atoms with Gasteiger partial charge in [-0.25, -0.2) is 4.98 Å². The number of rotatable bonds is 6. The van der Waals surface area contributed by atoms with Crippen LogP contribution >= 0.6 is 0 Å². The second-order valence-corrected chi connectivity index (χ2v) is 5.48.